The number of rotatable bonds is 2. The lowest BCUT2D eigenvalue weighted by molar-refractivity contribution is 0.132. The molecule has 0 bridgehead atoms. The Morgan fingerprint density at radius 3 is 3.07 bits per heavy atom. The van der Waals surface area contributed by atoms with E-state index in [0.717, 1.165) is 0 Å². The maximum absolute atomic E-state index is 5.91. The van der Waals surface area contributed by atoms with Gasteiger partial charge in [-0.25, -0.2) is 4.98 Å². The lowest BCUT2D eigenvalue weighted by Gasteiger charge is -2.05. The highest BCUT2D eigenvalue weighted by Gasteiger charge is 2.09. The molecule has 14 heavy (non-hydrogen) atoms. The molecule has 2 N–H and O–H groups in total. The Hall–Kier alpha value is -1.49. The molecule has 74 valence electrons. The zero-order valence-corrected chi connectivity index (χ0v) is 8.32. The summed E-state index contributed by atoms with van der Waals surface area (Å²) < 4.78 is 1.54. The topological polar surface area (TPSA) is 66.0 Å². The van der Waals surface area contributed by atoms with Crippen LogP contribution < -0.4 is 10.6 Å². The van der Waals surface area contributed by atoms with Crippen molar-refractivity contribution in [2.45, 2.75) is 6.92 Å². The van der Waals surface area contributed by atoms with Crippen LogP contribution in [-0.4, -0.2) is 21.3 Å². The van der Waals surface area contributed by atoms with Crippen molar-refractivity contribution in [1.82, 2.24) is 14.7 Å². The van der Waals surface area contributed by atoms with Crippen molar-refractivity contribution >= 4 is 28.6 Å². The van der Waals surface area contributed by atoms with E-state index in [-0.39, 0.29) is 5.95 Å². The number of halogens is 1. The van der Waals surface area contributed by atoms with Gasteiger partial charge in [-0.15, -0.1) is 0 Å². The maximum atomic E-state index is 5.91. The highest BCUT2D eigenvalue weighted by Crippen LogP contribution is 2.21. The lowest BCUT2D eigenvalue weighted by Crippen LogP contribution is -2.09. The molecule has 2 rings (SSSR count). The molecular formula is C8H9ClN4O. The Labute approximate surface area is 85.4 Å². The summed E-state index contributed by atoms with van der Waals surface area (Å²) in [6.07, 6.45) is 1.73. The Bertz CT molecular complexity index is 468. The van der Waals surface area contributed by atoms with Crippen molar-refractivity contribution in [3.05, 3.63) is 17.4 Å². The number of hydrogen-bond acceptors (Lipinski definition) is 4. The van der Waals surface area contributed by atoms with E-state index in [1.165, 1.54) is 4.73 Å². The molecule has 6 heteroatoms. The van der Waals surface area contributed by atoms with Crippen LogP contribution in [0.1, 0.15) is 6.92 Å². The first-order valence-electron chi connectivity index (χ1n) is 4.15. The van der Waals surface area contributed by atoms with Crippen LogP contribution in [0.25, 0.3) is 11.0 Å². The Morgan fingerprint density at radius 2 is 2.36 bits per heavy atom. The predicted molar refractivity (Wildman–Crippen MR) is 54.1 cm³/mol. The average Bonchev–Trinajstić information content (AvgIpc) is 2.49. The van der Waals surface area contributed by atoms with Gasteiger partial charge in [-0.3, -0.25) is 0 Å². The minimum atomic E-state index is 0.164. The second kappa shape index (κ2) is 3.34. The van der Waals surface area contributed by atoms with Gasteiger partial charge in [0.2, 0.25) is 5.95 Å². The summed E-state index contributed by atoms with van der Waals surface area (Å²) in [5, 5.41) is 0.297. The molecular weight excluding hydrogens is 204 g/mol. The minimum absolute atomic E-state index is 0.164. The van der Waals surface area contributed by atoms with E-state index in [2.05, 4.69) is 9.97 Å². The minimum Gasteiger partial charge on any atom is -0.414 e. The van der Waals surface area contributed by atoms with Gasteiger partial charge < -0.3 is 10.6 Å². The van der Waals surface area contributed by atoms with Gasteiger partial charge in [-0.2, -0.15) is 9.71 Å². The molecule has 0 amide bonds. The monoisotopic (exact) mass is 212 g/mol. The quantitative estimate of drug-likeness (QED) is 0.758. The van der Waals surface area contributed by atoms with Crippen LogP contribution in [0.4, 0.5) is 5.95 Å². The highest BCUT2D eigenvalue weighted by atomic mass is 35.5. The third-order valence-corrected chi connectivity index (χ3v) is 2.01. The third kappa shape index (κ3) is 1.35. The van der Waals surface area contributed by atoms with Crippen molar-refractivity contribution in [3.8, 4) is 0 Å². The van der Waals surface area contributed by atoms with E-state index >= 15 is 0 Å². The fourth-order valence-corrected chi connectivity index (χ4v) is 1.51. The number of aromatic nitrogens is 3. The summed E-state index contributed by atoms with van der Waals surface area (Å²) in [7, 11) is 0. The van der Waals surface area contributed by atoms with Crippen LogP contribution in [0.5, 0.6) is 0 Å². The van der Waals surface area contributed by atoms with Gasteiger partial charge in [0, 0.05) is 6.20 Å². The number of nitrogens with two attached hydrogens (primary N) is 1. The van der Waals surface area contributed by atoms with Crippen LogP contribution in [0.15, 0.2) is 12.3 Å². The number of nitrogens with zero attached hydrogens (tertiary/aromatic N) is 3. The summed E-state index contributed by atoms with van der Waals surface area (Å²) in [5.74, 6) is 0.164. The number of nitrogen functional groups attached to an aromatic ring is 1. The summed E-state index contributed by atoms with van der Waals surface area (Å²) in [4.78, 5) is 13.2. The molecule has 0 unspecified atom stereocenters. The van der Waals surface area contributed by atoms with Gasteiger partial charge in [0.25, 0.3) is 0 Å². The molecule has 0 atom stereocenters. The van der Waals surface area contributed by atoms with Crippen molar-refractivity contribution in [3.63, 3.8) is 0 Å². The van der Waals surface area contributed by atoms with E-state index < -0.39 is 0 Å². The molecule has 0 fully saturated rings. The molecule has 0 saturated carbocycles. The van der Waals surface area contributed by atoms with Crippen molar-refractivity contribution in [2.24, 2.45) is 0 Å². The second-order valence-electron chi connectivity index (χ2n) is 2.67. The smallest absolute Gasteiger partial charge is 0.222 e. The van der Waals surface area contributed by atoms with E-state index in [4.69, 9.17) is 22.2 Å². The van der Waals surface area contributed by atoms with Gasteiger partial charge in [-0.05, 0) is 13.0 Å². The molecule has 0 aromatic carbocycles. The number of hydrogen-bond donors (Lipinski definition) is 1. The average molecular weight is 213 g/mol. The van der Waals surface area contributed by atoms with Crippen LogP contribution >= 0.6 is 11.6 Å². The normalized spacial score (nSPS) is 10.7. The first-order valence-corrected chi connectivity index (χ1v) is 4.53. The van der Waals surface area contributed by atoms with Crippen molar-refractivity contribution in [2.75, 3.05) is 12.3 Å². The van der Waals surface area contributed by atoms with Gasteiger partial charge in [0.15, 0.2) is 5.15 Å². The summed E-state index contributed by atoms with van der Waals surface area (Å²) >= 11 is 5.91. The standard InChI is InChI=1S/C8H9ClN4O/c1-2-14-13-4-3-5-6(13)7(9)12-8(10)11-5/h3-4H,2H2,1H3,(H2,10,11,12). The van der Waals surface area contributed by atoms with E-state index in [1.54, 1.807) is 12.3 Å². The number of fused-ring (bicyclic) bond motifs is 1. The van der Waals surface area contributed by atoms with E-state index in [9.17, 15) is 0 Å². The Balaban J connectivity index is 2.66. The molecule has 0 aliphatic rings. The molecule has 0 spiro atoms. The maximum Gasteiger partial charge on any atom is 0.222 e. The Kier molecular flexibility index (Phi) is 2.17. The van der Waals surface area contributed by atoms with Crippen molar-refractivity contribution < 1.29 is 4.84 Å². The van der Waals surface area contributed by atoms with E-state index in [0.29, 0.717) is 22.8 Å². The predicted octanol–water partition coefficient (Wildman–Crippen LogP) is 1.12. The molecule has 0 saturated heterocycles. The van der Waals surface area contributed by atoms with Crippen LogP contribution in [0.3, 0.4) is 0 Å². The molecule has 2 aromatic heterocycles. The SMILES string of the molecule is CCOn1ccc2nc(N)nc(Cl)c21. The third-order valence-electron chi connectivity index (χ3n) is 1.74. The van der Waals surface area contributed by atoms with Gasteiger partial charge in [-0.1, -0.05) is 11.6 Å². The lowest BCUT2D eigenvalue weighted by atomic mass is 10.5. The molecule has 2 aromatic rings. The van der Waals surface area contributed by atoms with Gasteiger partial charge in [0.05, 0.1) is 5.52 Å². The van der Waals surface area contributed by atoms with Gasteiger partial charge >= 0.3 is 0 Å². The summed E-state index contributed by atoms with van der Waals surface area (Å²) in [6, 6.07) is 1.77. The van der Waals surface area contributed by atoms with Gasteiger partial charge in [0.1, 0.15) is 12.1 Å². The van der Waals surface area contributed by atoms with E-state index in [1.807, 2.05) is 6.92 Å². The molecule has 0 radical (unpaired) electrons. The molecule has 2 heterocycles. The van der Waals surface area contributed by atoms with Crippen LogP contribution in [0, 0.1) is 0 Å². The zero-order valence-electron chi connectivity index (χ0n) is 7.57. The summed E-state index contributed by atoms with van der Waals surface area (Å²) in [6.45, 7) is 2.43. The Morgan fingerprint density at radius 1 is 1.57 bits per heavy atom. The second-order valence-corrected chi connectivity index (χ2v) is 3.02. The molecule has 0 aliphatic carbocycles. The van der Waals surface area contributed by atoms with Crippen LogP contribution in [-0.2, 0) is 0 Å². The molecule has 5 nitrogen and oxygen atoms in total. The number of anilines is 1. The first-order chi connectivity index (χ1) is 6.72. The highest BCUT2D eigenvalue weighted by molar-refractivity contribution is 6.33. The fraction of sp³-hybridized carbons (Fsp3) is 0.250. The van der Waals surface area contributed by atoms with Crippen LogP contribution in [0.2, 0.25) is 5.15 Å². The summed E-state index contributed by atoms with van der Waals surface area (Å²) in [5.41, 5.74) is 6.77. The van der Waals surface area contributed by atoms with Crippen molar-refractivity contribution in [1.29, 1.82) is 0 Å². The zero-order chi connectivity index (χ0) is 10.1. The fourth-order valence-electron chi connectivity index (χ4n) is 1.24. The largest absolute Gasteiger partial charge is 0.414 e. The first kappa shape index (κ1) is 9.08. The molecule has 0 aliphatic heterocycles.